The second kappa shape index (κ2) is 7.43. The highest BCUT2D eigenvalue weighted by atomic mass is 15.2. The SMILES string of the molecule is CCCC(C)N(C)c1cnc(C(C)C)nc1CNC. The van der Waals surface area contributed by atoms with E-state index in [4.69, 9.17) is 4.98 Å². The van der Waals surface area contributed by atoms with Crippen molar-refractivity contribution in [2.24, 2.45) is 0 Å². The lowest BCUT2D eigenvalue weighted by Gasteiger charge is -2.28. The Hall–Kier alpha value is -1.16. The third-order valence-electron chi connectivity index (χ3n) is 3.47. The Balaban J connectivity index is 3.04. The van der Waals surface area contributed by atoms with Crippen molar-refractivity contribution in [2.75, 3.05) is 19.0 Å². The quantitative estimate of drug-likeness (QED) is 0.822. The molecule has 1 atom stereocenters. The van der Waals surface area contributed by atoms with E-state index in [1.807, 2.05) is 13.2 Å². The third kappa shape index (κ3) is 4.16. The summed E-state index contributed by atoms with van der Waals surface area (Å²) < 4.78 is 0. The van der Waals surface area contributed by atoms with Gasteiger partial charge in [-0.2, -0.15) is 0 Å². The van der Waals surface area contributed by atoms with Gasteiger partial charge in [0.15, 0.2) is 0 Å². The van der Waals surface area contributed by atoms with Gasteiger partial charge in [-0.25, -0.2) is 9.97 Å². The first-order chi connectivity index (χ1) is 9.01. The van der Waals surface area contributed by atoms with Crippen LogP contribution in [0.15, 0.2) is 6.20 Å². The maximum Gasteiger partial charge on any atom is 0.131 e. The first-order valence-electron chi connectivity index (χ1n) is 7.24. The van der Waals surface area contributed by atoms with Crippen LogP contribution in [0.2, 0.25) is 0 Å². The van der Waals surface area contributed by atoms with E-state index in [0.29, 0.717) is 12.0 Å². The Bertz CT molecular complexity index is 390. The molecule has 0 amide bonds. The molecule has 108 valence electrons. The lowest BCUT2D eigenvalue weighted by atomic mass is 10.1. The van der Waals surface area contributed by atoms with Crippen molar-refractivity contribution < 1.29 is 0 Å². The summed E-state index contributed by atoms with van der Waals surface area (Å²) in [6.07, 6.45) is 4.35. The smallest absolute Gasteiger partial charge is 0.131 e. The fourth-order valence-electron chi connectivity index (χ4n) is 2.15. The molecule has 0 fully saturated rings. The van der Waals surface area contributed by atoms with Crippen molar-refractivity contribution in [3.8, 4) is 0 Å². The van der Waals surface area contributed by atoms with Crippen molar-refractivity contribution >= 4 is 5.69 Å². The van der Waals surface area contributed by atoms with Gasteiger partial charge in [0.2, 0.25) is 0 Å². The number of aromatic nitrogens is 2. The molecule has 1 unspecified atom stereocenters. The minimum Gasteiger partial charge on any atom is -0.369 e. The molecule has 0 bridgehead atoms. The van der Waals surface area contributed by atoms with E-state index in [9.17, 15) is 0 Å². The Morgan fingerprint density at radius 3 is 2.53 bits per heavy atom. The summed E-state index contributed by atoms with van der Waals surface area (Å²) in [6.45, 7) is 9.50. The summed E-state index contributed by atoms with van der Waals surface area (Å²) in [6, 6.07) is 0.508. The molecule has 0 spiro atoms. The van der Waals surface area contributed by atoms with Crippen LogP contribution in [0.25, 0.3) is 0 Å². The van der Waals surface area contributed by atoms with E-state index in [1.165, 1.54) is 12.8 Å². The zero-order valence-corrected chi connectivity index (χ0v) is 13.2. The van der Waals surface area contributed by atoms with E-state index in [0.717, 1.165) is 23.8 Å². The molecule has 0 saturated heterocycles. The standard InChI is InChI=1S/C15H28N4/c1-7-8-12(4)19(6)14-10-17-15(11(2)3)18-13(14)9-16-5/h10-12,16H,7-9H2,1-6H3. The van der Waals surface area contributed by atoms with Crippen LogP contribution < -0.4 is 10.2 Å². The van der Waals surface area contributed by atoms with Gasteiger partial charge in [0, 0.05) is 25.6 Å². The summed E-state index contributed by atoms with van der Waals surface area (Å²) in [5.41, 5.74) is 2.23. The molecule has 1 aromatic heterocycles. The van der Waals surface area contributed by atoms with Gasteiger partial charge < -0.3 is 10.2 Å². The number of hydrogen-bond donors (Lipinski definition) is 1. The number of anilines is 1. The molecule has 0 saturated carbocycles. The van der Waals surface area contributed by atoms with Crippen LogP contribution in [0.1, 0.15) is 58.0 Å². The predicted molar refractivity (Wildman–Crippen MR) is 81.7 cm³/mol. The van der Waals surface area contributed by atoms with Crippen LogP contribution in [0.4, 0.5) is 5.69 Å². The minimum absolute atomic E-state index is 0.364. The second-order valence-electron chi connectivity index (χ2n) is 5.49. The lowest BCUT2D eigenvalue weighted by molar-refractivity contribution is 0.608. The van der Waals surface area contributed by atoms with E-state index in [2.05, 4.69) is 49.9 Å². The first kappa shape index (κ1) is 15.9. The average Bonchev–Trinajstić information content (AvgIpc) is 2.38. The second-order valence-corrected chi connectivity index (χ2v) is 5.49. The number of rotatable bonds is 7. The van der Waals surface area contributed by atoms with Gasteiger partial charge in [-0.3, -0.25) is 0 Å². The molecule has 1 N–H and O–H groups in total. The Morgan fingerprint density at radius 2 is 2.00 bits per heavy atom. The highest BCUT2D eigenvalue weighted by Gasteiger charge is 2.16. The normalized spacial score (nSPS) is 12.8. The average molecular weight is 264 g/mol. The molecule has 0 aliphatic carbocycles. The number of nitrogens with one attached hydrogen (secondary N) is 1. The van der Waals surface area contributed by atoms with Crippen LogP contribution in [-0.4, -0.2) is 30.1 Å². The fraction of sp³-hybridized carbons (Fsp3) is 0.733. The Kier molecular flexibility index (Phi) is 6.22. The summed E-state index contributed by atoms with van der Waals surface area (Å²) in [7, 11) is 4.09. The summed E-state index contributed by atoms with van der Waals surface area (Å²) in [5, 5.41) is 3.20. The van der Waals surface area contributed by atoms with Crippen molar-refractivity contribution in [1.29, 1.82) is 0 Å². The molecule has 0 aliphatic rings. The van der Waals surface area contributed by atoms with E-state index in [1.54, 1.807) is 0 Å². The summed E-state index contributed by atoms with van der Waals surface area (Å²) in [5.74, 6) is 1.29. The predicted octanol–water partition coefficient (Wildman–Crippen LogP) is 2.94. The summed E-state index contributed by atoms with van der Waals surface area (Å²) >= 11 is 0. The van der Waals surface area contributed by atoms with Gasteiger partial charge in [0.25, 0.3) is 0 Å². The van der Waals surface area contributed by atoms with Crippen LogP contribution in [0.3, 0.4) is 0 Å². The fourth-order valence-corrected chi connectivity index (χ4v) is 2.15. The molecular weight excluding hydrogens is 236 g/mol. The molecule has 0 aromatic carbocycles. The van der Waals surface area contributed by atoms with Gasteiger partial charge >= 0.3 is 0 Å². The van der Waals surface area contributed by atoms with Crippen molar-refractivity contribution in [3.63, 3.8) is 0 Å². The number of nitrogens with zero attached hydrogens (tertiary/aromatic N) is 3. The molecule has 19 heavy (non-hydrogen) atoms. The van der Waals surface area contributed by atoms with Crippen molar-refractivity contribution in [3.05, 3.63) is 17.7 Å². The van der Waals surface area contributed by atoms with Gasteiger partial charge in [0.05, 0.1) is 17.6 Å². The van der Waals surface area contributed by atoms with Gasteiger partial charge in [-0.05, 0) is 20.4 Å². The molecule has 4 nitrogen and oxygen atoms in total. The molecule has 1 heterocycles. The molecule has 4 heteroatoms. The van der Waals surface area contributed by atoms with Gasteiger partial charge in [-0.1, -0.05) is 27.2 Å². The zero-order valence-electron chi connectivity index (χ0n) is 13.2. The maximum atomic E-state index is 4.71. The van der Waals surface area contributed by atoms with Crippen LogP contribution >= 0.6 is 0 Å². The maximum absolute atomic E-state index is 4.71. The van der Waals surface area contributed by atoms with E-state index < -0.39 is 0 Å². The van der Waals surface area contributed by atoms with Crippen LogP contribution in [0, 0.1) is 0 Å². The highest BCUT2D eigenvalue weighted by molar-refractivity contribution is 5.49. The van der Waals surface area contributed by atoms with Crippen molar-refractivity contribution in [2.45, 2.75) is 59.0 Å². The first-order valence-corrected chi connectivity index (χ1v) is 7.24. The van der Waals surface area contributed by atoms with Crippen LogP contribution in [-0.2, 0) is 6.54 Å². The zero-order chi connectivity index (χ0) is 14.4. The Morgan fingerprint density at radius 1 is 1.32 bits per heavy atom. The molecular formula is C15H28N4. The van der Waals surface area contributed by atoms with E-state index in [-0.39, 0.29) is 0 Å². The Labute approximate surface area is 117 Å². The van der Waals surface area contributed by atoms with E-state index >= 15 is 0 Å². The highest BCUT2D eigenvalue weighted by Crippen LogP contribution is 2.22. The lowest BCUT2D eigenvalue weighted by Crippen LogP contribution is -2.30. The minimum atomic E-state index is 0.364. The molecule has 0 aliphatic heterocycles. The van der Waals surface area contributed by atoms with Gasteiger partial charge in [-0.15, -0.1) is 0 Å². The summed E-state index contributed by atoms with van der Waals surface area (Å²) in [4.78, 5) is 11.5. The molecule has 0 radical (unpaired) electrons. The third-order valence-corrected chi connectivity index (χ3v) is 3.47. The van der Waals surface area contributed by atoms with Gasteiger partial charge in [0.1, 0.15) is 5.82 Å². The molecule has 1 rings (SSSR count). The largest absolute Gasteiger partial charge is 0.369 e. The topological polar surface area (TPSA) is 41.1 Å². The molecule has 1 aromatic rings. The monoisotopic (exact) mass is 264 g/mol. The van der Waals surface area contributed by atoms with Crippen molar-refractivity contribution in [1.82, 2.24) is 15.3 Å². The van der Waals surface area contributed by atoms with Crippen LogP contribution in [0.5, 0.6) is 0 Å². The number of hydrogen-bond acceptors (Lipinski definition) is 4.